The summed E-state index contributed by atoms with van der Waals surface area (Å²) in [5, 5.41) is 0. The number of benzene rings is 3. The molecule has 0 heterocycles. The molecule has 1 aliphatic carbocycles. The fraction of sp³-hybridized carbons (Fsp3) is 0.269. The molecule has 0 aliphatic heterocycles. The molecule has 3 aromatic rings. The number of rotatable bonds is 8. The van der Waals surface area contributed by atoms with Crippen LogP contribution in [0.25, 0.3) is 11.1 Å². The number of hydrogen-bond acceptors (Lipinski definition) is 4. The highest BCUT2D eigenvalue weighted by atomic mass is 16.5. The Morgan fingerprint density at radius 2 is 1.47 bits per heavy atom. The van der Waals surface area contributed by atoms with Crippen LogP contribution in [0.2, 0.25) is 0 Å². The molecule has 0 saturated carbocycles. The first-order chi connectivity index (χ1) is 14.6. The largest absolute Gasteiger partial charge is 0.464 e. The fourth-order valence-corrected chi connectivity index (χ4v) is 4.04. The number of ether oxygens (including phenoxy) is 2. The Kier molecular flexibility index (Phi) is 6.26. The van der Waals surface area contributed by atoms with Crippen molar-refractivity contribution in [3.63, 3.8) is 0 Å². The van der Waals surface area contributed by atoms with Gasteiger partial charge in [-0.15, -0.1) is 0 Å². The molecular formula is C26H27NO3. The molecule has 2 N–H and O–H groups in total. The predicted octanol–water partition coefficient (Wildman–Crippen LogP) is 4.87. The maximum absolute atomic E-state index is 12.6. The minimum absolute atomic E-state index is 0.0663. The number of carbonyl (C=O) groups excluding carboxylic acids is 1. The van der Waals surface area contributed by atoms with E-state index < -0.39 is 6.23 Å². The van der Waals surface area contributed by atoms with Crippen LogP contribution < -0.4 is 5.73 Å². The van der Waals surface area contributed by atoms with Crippen molar-refractivity contribution in [2.45, 2.75) is 32.1 Å². The van der Waals surface area contributed by atoms with Crippen LogP contribution in [-0.4, -0.2) is 18.8 Å². The Balaban J connectivity index is 1.32. The Morgan fingerprint density at radius 3 is 2.10 bits per heavy atom. The van der Waals surface area contributed by atoms with Crippen molar-refractivity contribution >= 4 is 5.97 Å². The summed E-state index contributed by atoms with van der Waals surface area (Å²) in [4.78, 5) is 12.6. The van der Waals surface area contributed by atoms with E-state index in [2.05, 4.69) is 24.3 Å². The van der Waals surface area contributed by atoms with E-state index in [9.17, 15) is 4.79 Å². The van der Waals surface area contributed by atoms with Crippen LogP contribution in [0.4, 0.5) is 0 Å². The van der Waals surface area contributed by atoms with E-state index >= 15 is 0 Å². The minimum Gasteiger partial charge on any atom is -0.464 e. The summed E-state index contributed by atoms with van der Waals surface area (Å²) < 4.78 is 11.4. The second-order valence-corrected chi connectivity index (χ2v) is 7.83. The minimum atomic E-state index is -0.513. The molecule has 4 nitrogen and oxygen atoms in total. The molecule has 0 bridgehead atoms. The van der Waals surface area contributed by atoms with Crippen molar-refractivity contribution in [1.82, 2.24) is 0 Å². The van der Waals surface area contributed by atoms with Crippen LogP contribution in [0.15, 0.2) is 78.9 Å². The van der Waals surface area contributed by atoms with Gasteiger partial charge in [-0.3, -0.25) is 4.79 Å². The zero-order valence-electron chi connectivity index (χ0n) is 17.2. The third kappa shape index (κ3) is 4.45. The molecule has 30 heavy (non-hydrogen) atoms. The molecule has 0 spiro atoms. The van der Waals surface area contributed by atoms with Crippen molar-refractivity contribution in [1.29, 1.82) is 0 Å². The summed E-state index contributed by atoms with van der Waals surface area (Å²) in [5.41, 5.74) is 12.0. The van der Waals surface area contributed by atoms with Crippen LogP contribution in [-0.2, 0) is 20.9 Å². The van der Waals surface area contributed by atoms with E-state index in [4.69, 9.17) is 15.2 Å². The normalized spacial score (nSPS) is 14.6. The molecule has 0 saturated heterocycles. The lowest BCUT2D eigenvalue weighted by molar-refractivity contribution is -0.149. The van der Waals surface area contributed by atoms with Gasteiger partial charge in [0.25, 0.3) is 0 Å². The molecule has 2 atom stereocenters. The molecular weight excluding hydrogens is 374 g/mol. The number of fused-ring (bicyclic) bond motifs is 3. The summed E-state index contributed by atoms with van der Waals surface area (Å²) in [6.45, 7) is 2.60. The third-order valence-electron chi connectivity index (χ3n) is 5.65. The maximum atomic E-state index is 12.6. The molecule has 0 fully saturated rings. The van der Waals surface area contributed by atoms with Gasteiger partial charge in [-0.25, -0.2) is 0 Å². The average Bonchev–Trinajstić information content (AvgIpc) is 3.10. The van der Waals surface area contributed by atoms with E-state index in [1.165, 1.54) is 22.3 Å². The summed E-state index contributed by atoms with van der Waals surface area (Å²) >= 11 is 0. The Bertz CT molecular complexity index is 956. The van der Waals surface area contributed by atoms with Crippen molar-refractivity contribution in [2.75, 3.05) is 6.61 Å². The van der Waals surface area contributed by atoms with Gasteiger partial charge in [0, 0.05) is 5.92 Å². The Hall–Kier alpha value is -2.95. The standard InChI is InChI=1S/C26H27NO3/c1-18(15-25(27)29-16-19-9-3-2-4-10-19)26(28)30-17-24-22-13-7-5-11-20(22)21-12-6-8-14-23(21)24/h2-14,18,24-25H,15-17,27H2,1H3. The van der Waals surface area contributed by atoms with E-state index in [-0.39, 0.29) is 17.8 Å². The lowest BCUT2D eigenvalue weighted by Gasteiger charge is -2.19. The molecule has 0 amide bonds. The lowest BCUT2D eigenvalue weighted by atomic mass is 9.98. The molecule has 0 radical (unpaired) electrons. The van der Waals surface area contributed by atoms with Crippen LogP contribution in [0.5, 0.6) is 0 Å². The van der Waals surface area contributed by atoms with Crippen LogP contribution in [0.3, 0.4) is 0 Å². The van der Waals surface area contributed by atoms with Gasteiger partial charge in [-0.1, -0.05) is 85.8 Å². The van der Waals surface area contributed by atoms with E-state index in [1.54, 1.807) is 0 Å². The van der Waals surface area contributed by atoms with Gasteiger partial charge in [0.05, 0.1) is 12.5 Å². The molecule has 0 aromatic heterocycles. The van der Waals surface area contributed by atoms with Crippen molar-refractivity contribution in [3.05, 3.63) is 95.6 Å². The number of esters is 1. The highest BCUT2D eigenvalue weighted by Gasteiger charge is 2.29. The first-order valence-electron chi connectivity index (χ1n) is 10.4. The highest BCUT2D eigenvalue weighted by molar-refractivity contribution is 5.79. The van der Waals surface area contributed by atoms with Crippen molar-refractivity contribution in [2.24, 2.45) is 11.7 Å². The van der Waals surface area contributed by atoms with Gasteiger partial charge in [0.2, 0.25) is 0 Å². The maximum Gasteiger partial charge on any atom is 0.308 e. The first-order valence-corrected chi connectivity index (χ1v) is 10.4. The molecule has 4 rings (SSSR count). The summed E-state index contributed by atoms with van der Waals surface area (Å²) in [5.74, 6) is -0.505. The Labute approximate surface area is 177 Å². The van der Waals surface area contributed by atoms with Crippen molar-refractivity contribution < 1.29 is 14.3 Å². The number of nitrogens with two attached hydrogens (primary N) is 1. The second kappa shape index (κ2) is 9.24. The van der Waals surface area contributed by atoms with E-state index in [0.717, 1.165) is 5.56 Å². The predicted molar refractivity (Wildman–Crippen MR) is 118 cm³/mol. The molecule has 154 valence electrons. The van der Waals surface area contributed by atoms with E-state index in [0.29, 0.717) is 19.6 Å². The van der Waals surface area contributed by atoms with Crippen molar-refractivity contribution in [3.8, 4) is 11.1 Å². The summed E-state index contributed by atoms with van der Waals surface area (Å²) in [7, 11) is 0. The number of carbonyl (C=O) groups is 1. The highest BCUT2D eigenvalue weighted by Crippen LogP contribution is 2.44. The second-order valence-electron chi connectivity index (χ2n) is 7.83. The molecule has 2 unspecified atom stereocenters. The summed E-state index contributed by atoms with van der Waals surface area (Å²) in [6.07, 6.45) is -0.0931. The third-order valence-corrected chi connectivity index (χ3v) is 5.65. The quantitative estimate of drug-likeness (QED) is 0.432. The molecule has 1 aliphatic rings. The smallest absolute Gasteiger partial charge is 0.308 e. The van der Waals surface area contributed by atoms with Gasteiger partial charge in [0.15, 0.2) is 0 Å². The van der Waals surface area contributed by atoms with Crippen LogP contribution in [0.1, 0.15) is 36.0 Å². The van der Waals surface area contributed by atoms with Gasteiger partial charge in [0.1, 0.15) is 12.8 Å². The van der Waals surface area contributed by atoms with Crippen LogP contribution >= 0.6 is 0 Å². The van der Waals surface area contributed by atoms with Gasteiger partial charge < -0.3 is 15.2 Å². The van der Waals surface area contributed by atoms with E-state index in [1.807, 2.05) is 61.5 Å². The van der Waals surface area contributed by atoms with Crippen LogP contribution in [0, 0.1) is 5.92 Å². The lowest BCUT2D eigenvalue weighted by Crippen LogP contribution is -2.30. The topological polar surface area (TPSA) is 61.5 Å². The zero-order valence-corrected chi connectivity index (χ0v) is 17.2. The fourth-order valence-electron chi connectivity index (χ4n) is 4.04. The average molecular weight is 402 g/mol. The number of hydrogen-bond donors (Lipinski definition) is 1. The van der Waals surface area contributed by atoms with Gasteiger partial charge >= 0.3 is 5.97 Å². The first kappa shape index (κ1) is 20.3. The Morgan fingerprint density at radius 1 is 0.900 bits per heavy atom. The molecule has 3 aromatic carbocycles. The summed E-state index contributed by atoms with van der Waals surface area (Å²) in [6, 6.07) is 26.5. The SMILES string of the molecule is CC(CC(N)OCc1ccccc1)C(=O)OCC1c2ccccc2-c2ccccc21. The van der Waals surface area contributed by atoms with Gasteiger partial charge in [-0.05, 0) is 34.2 Å². The zero-order chi connectivity index (χ0) is 20.9. The van der Waals surface area contributed by atoms with Gasteiger partial charge in [-0.2, -0.15) is 0 Å². The molecule has 4 heteroatoms. The monoisotopic (exact) mass is 401 g/mol.